The summed E-state index contributed by atoms with van der Waals surface area (Å²) in [4.78, 5) is 2.27. The maximum Gasteiger partial charge on any atom is 0.0952 e. The molecular weight excluding hydrogens is 325 g/mol. The first-order valence-corrected chi connectivity index (χ1v) is 8.40. The molecule has 0 aliphatic carbocycles. The highest BCUT2D eigenvalue weighted by atomic mass is 35.5. The second-order valence-corrected chi connectivity index (χ2v) is 6.92. The monoisotopic (exact) mass is 345 g/mol. The summed E-state index contributed by atoms with van der Waals surface area (Å²) in [5.41, 5.74) is 0.385. The van der Waals surface area contributed by atoms with Gasteiger partial charge >= 0.3 is 0 Å². The van der Waals surface area contributed by atoms with E-state index in [1.54, 1.807) is 6.07 Å². The fourth-order valence-corrected chi connectivity index (χ4v) is 3.39. The third-order valence-corrected chi connectivity index (χ3v) is 5.15. The summed E-state index contributed by atoms with van der Waals surface area (Å²) < 4.78 is 11.2. The highest BCUT2D eigenvalue weighted by Gasteiger charge is 2.34. The second-order valence-electron chi connectivity index (χ2n) is 6.10. The summed E-state index contributed by atoms with van der Waals surface area (Å²) in [5.74, 6) is 0. The average molecular weight is 346 g/mol. The Labute approximate surface area is 140 Å². The maximum absolute atomic E-state index is 10.7. The Morgan fingerprint density at radius 3 is 2.68 bits per heavy atom. The highest BCUT2D eigenvalue weighted by Crippen LogP contribution is 2.30. The number of β-amino-alcohol motifs (C(OH)–C–C–N with tert-alkyl or cyclic N) is 1. The molecule has 22 heavy (non-hydrogen) atoms. The van der Waals surface area contributed by atoms with Crippen LogP contribution in [0.2, 0.25) is 10.0 Å². The van der Waals surface area contributed by atoms with E-state index in [2.05, 4.69) is 4.90 Å². The second kappa shape index (κ2) is 7.04. The number of halogens is 2. The van der Waals surface area contributed by atoms with Crippen molar-refractivity contribution in [1.82, 2.24) is 4.90 Å². The minimum Gasteiger partial charge on any atom is -0.388 e. The van der Waals surface area contributed by atoms with E-state index >= 15 is 0 Å². The molecule has 3 rings (SSSR count). The molecule has 6 heteroatoms. The summed E-state index contributed by atoms with van der Waals surface area (Å²) in [7, 11) is 0. The van der Waals surface area contributed by atoms with Crippen LogP contribution in [0, 0.1) is 0 Å². The normalized spacial score (nSPS) is 26.0. The molecule has 2 saturated heterocycles. The van der Waals surface area contributed by atoms with Gasteiger partial charge in [0.15, 0.2) is 0 Å². The summed E-state index contributed by atoms with van der Waals surface area (Å²) >= 11 is 12.1. The van der Waals surface area contributed by atoms with Gasteiger partial charge in [0, 0.05) is 45.7 Å². The third kappa shape index (κ3) is 3.94. The number of aliphatic hydroxyl groups is 1. The fourth-order valence-electron chi connectivity index (χ4n) is 3.09. The van der Waals surface area contributed by atoms with Crippen LogP contribution in [0.4, 0.5) is 0 Å². The smallest absolute Gasteiger partial charge is 0.0952 e. The van der Waals surface area contributed by atoms with E-state index in [0.717, 1.165) is 18.7 Å². The van der Waals surface area contributed by atoms with Crippen LogP contribution in [-0.2, 0) is 9.47 Å². The Bertz CT molecular complexity index is 520. The van der Waals surface area contributed by atoms with Crippen molar-refractivity contribution in [3.05, 3.63) is 33.8 Å². The lowest BCUT2D eigenvalue weighted by atomic mass is 9.93. The molecule has 0 amide bonds. The minimum absolute atomic E-state index is 0.0352. The minimum atomic E-state index is -0.641. The third-order valence-electron chi connectivity index (χ3n) is 4.41. The molecular formula is C16H21Cl2NO3. The lowest BCUT2D eigenvalue weighted by molar-refractivity contribution is -0.103. The number of nitrogens with zero attached hydrogens (tertiary/aromatic N) is 1. The number of ether oxygens (including phenoxy) is 2. The number of rotatable bonds is 3. The lowest BCUT2D eigenvalue weighted by Gasteiger charge is -2.40. The zero-order chi connectivity index (χ0) is 15.6. The van der Waals surface area contributed by atoms with Gasteiger partial charge in [0.25, 0.3) is 0 Å². The first-order valence-electron chi connectivity index (χ1n) is 7.65. The molecule has 0 bridgehead atoms. The fraction of sp³-hybridized carbons (Fsp3) is 0.625. The first-order chi connectivity index (χ1) is 10.6. The summed E-state index contributed by atoms with van der Waals surface area (Å²) in [6.07, 6.45) is 1.36. The van der Waals surface area contributed by atoms with E-state index in [4.69, 9.17) is 32.7 Å². The van der Waals surface area contributed by atoms with Gasteiger partial charge in [-0.1, -0.05) is 29.3 Å². The molecule has 1 atom stereocenters. The molecule has 0 aromatic heterocycles. The van der Waals surface area contributed by atoms with E-state index < -0.39 is 5.60 Å². The molecule has 0 radical (unpaired) electrons. The Morgan fingerprint density at radius 1 is 1.18 bits per heavy atom. The van der Waals surface area contributed by atoms with E-state index in [-0.39, 0.29) is 6.10 Å². The number of hydrogen-bond acceptors (Lipinski definition) is 4. The van der Waals surface area contributed by atoms with Crippen LogP contribution >= 0.6 is 23.2 Å². The van der Waals surface area contributed by atoms with Crippen molar-refractivity contribution in [3.63, 3.8) is 0 Å². The highest BCUT2D eigenvalue weighted by molar-refractivity contribution is 6.42. The van der Waals surface area contributed by atoms with E-state index in [1.165, 1.54) is 0 Å². The van der Waals surface area contributed by atoms with Crippen LogP contribution in [0.5, 0.6) is 0 Å². The Morgan fingerprint density at radius 2 is 1.95 bits per heavy atom. The van der Waals surface area contributed by atoms with Gasteiger partial charge in [-0.15, -0.1) is 0 Å². The Hall–Kier alpha value is -0.360. The molecule has 1 aromatic carbocycles. The number of morpholine rings is 1. The van der Waals surface area contributed by atoms with Gasteiger partial charge in [0.05, 0.1) is 28.4 Å². The van der Waals surface area contributed by atoms with Crippen LogP contribution < -0.4 is 0 Å². The van der Waals surface area contributed by atoms with Gasteiger partial charge < -0.3 is 14.6 Å². The SMILES string of the molecule is OC1(CN2CCO[C@H](c3ccc(Cl)c(Cl)c3)C2)CCOCC1. The summed E-state index contributed by atoms with van der Waals surface area (Å²) in [5, 5.41) is 11.8. The van der Waals surface area contributed by atoms with Crippen molar-refractivity contribution >= 4 is 23.2 Å². The van der Waals surface area contributed by atoms with Crippen LogP contribution in [0.3, 0.4) is 0 Å². The van der Waals surface area contributed by atoms with Gasteiger partial charge in [-0.2, -0.15) is 0 Å². The van der Waals surface area contributed by atoms with Crippen molar-refractivity contribution in [2.45, 2.75) is 24.5 Å². The van der Waals surface area contributed by atoms with Crippen molar-refractivity contribution in [3.8, 4) is 0 Å². The van der Waals surface area contributed by atoms with Crippen molar-refractivity contribution in [1.29, 1.82) is 0 Å². The predicted octanol–water partition coefficient (Wildman–Crippen LogP) is 2.91. The van der Waals surface area contributed by atoms with Crippen LogP contribution in [-0.4, -0.2) is 55.1 Å². The van der Waals surface area contributed by atoms with E-state index in [0.29, 0.717) is 49.3 Å². The van der Waals surface area contributed by atoms with Gasteiger partial charge in [0.1, 0.15) is 0 Å². The van der Waals surface area contributed by atoms with E-state index in [1.807, 2.05) is 12.1 Å². The maximum atomic E-state index is 10.7. The lowest BCUT2D eigenvalue weighted by Crippen LogP contribution is -2.50. The van der Waals surface area contributed by atoms with Gasteiger partial charge in [-0.25, -0.2) is 0 Å². The Kier molecular flexibility index (Phi) is 5.28. The van der Waals surface area contributed by atoms with Crippen LogP contribution in [0.15, 0.2) is 18.2 Å². The molecule has 0 unspecified atom stereocenters. The molecule has 1 aromatic rings. The molecule has 0 saturated carbocycles. The van der Waals surface area contributed by atoms with Crippen molar-refractivity contribution in [2.75, 3.05) is 39.5 Å². The zero-order valence-electron chi connectivity index (χ0n) is 12.4. The molecule has 2 heterocycles. The standard InChI is InChI=1S/C16H21Cl2NO3/c17-13-2-1-12(9-14(13)18)15-10-19(5-8-22-15)11-16(20)3-6-21-7-4-16/h1-2,9,15,20H,3-8,10-11H2/t15-/m0/s1. The Balaban J connectivity index is 1.64. The molecule has 0 spiro atoms. The molecule has 2 fully saturated rings. The van der Waals surface area contributed by atoms with Gasteiger partial charge in [-0.05, 0) is 17.7 Å². The molecule has 2 aliphatic heterocycles. The largest absolute Gasteiger partial charge is 0.388 e. The molecule has 4 nitrogen and oxygen atoms in total. The van der Waals surface area contributed by atoms with Gasteiger partial charge in [-0.3, -0.25) is 4.90 Å². The topological polar surface area (TPSA) is 41.9 Å². The van der Waals surface area contributed by atoms with Crippen LogP contribution in [0.25, 0.3) is 0 Å². The average Bonchev–Trinajstić information content (AvgIpc) is 2.50. The predicted molar refractivity (Wildman–Crippen MR) is 86.6 cm³/mol. The molecule has 1 N–H and O–H groups in total. The first kappa shape index (κ1) is 16.5. The molecule has 122 valence electrons. The molecule has 2 aliphatic rings. The van der Waals surface area contributed by atoms with Crippen LogP contribution in [0.1, 0.15) is 24.5 Å². The number of benzene rings is 1. The summed E-state index contributed by atoms with van der Waals surface area (Å²) in [6, 6.07) is 5.61. The quantitative estimate of drug-likeness (QED) is 0.914. The van der Waals surface area contributed by atoms with Gasteiger partial charge in [0.2, 0.25) is 0 Å². The van der Waals surface area contributed by atoms with E-state index in [9.17, 15) is 5.11 Å². The van der Waals surface area contributed by atoms with Crippen molar-refractivity contribution < 1.29 is 14.6 Å². The summed E-state index contributed by atoms with van der Waals surface area (Å²) in [6.45, 7) is 4.17. The zero-order valence-corrected chi connectivity index (χ0v) is 13.9. The number of hydrogen-bond donors (Lipinski definition) is 1. The van der Waals surface area contributed by atoms with Crippen molar-refractivity contribution in [2.24, 2.45) is 0 Å².